The number of anilines is 2. The van der Waals surface area contributed by atoms with Gasteiger partial charge in [0.1, 0.15) is 0 Å². The number of ether oxygens (including phenoxy) is 1. The average molecular weight is 220 g/mol. The number of benzene rings is 1. The third kappa shape index (κ3) is 2.10. The Balaban J connectivity index is 2.21. The molecule has 0 amide bonds. The molecule has 1 aliphatic rings. The summed E-state index contributed by atoms with van der Waals surface area (Å²) >= 11 is 0. The topological polar surface area (TPSA) is 41.6 Å². The fraction of sp³-hybridized carbons (Fsp3) is 0.417. The minimum atomic E-state index is -0.205. The van der Waals surface area contributed by atoms with Gasteiger partial charge in [0, 0.05) is 20.1 Å². The molecule has 1 aromatic carbocycles. The third-order valence-electron chi connectivity index (χ3n) is 2.81. The zero-order valence-corrected chi connectivity index (χ0v) is 9.62. The number of esters is 1. The number of likely N-dealkylation sites (N-methyl/N-ethyl adjacent to an activating group) is 1. The van der Waals surface area contributed by atoms with Gasteiger partial charge in [0.05, 0.1) is 24.9 Å². The summed E-state index contributed by atoms with van der Waals surface area (Å²) in [5, 5.41) is 3.33. The fourth-order valence-corrected chi connectivity index (χ4v) is 1.89. The highest BCUT2D eigenvalue weighted by Gasteiger charge is 2.13. The number of carbonyl (C=O) groups excluding carboxylic acids is 1. The first kappa shape index (κ1) is 10.8. The molecule has 0 radical (unpaired) electrons. The molecule has 4 heteroatoms. The Hall–Kier alpha value is -1.71. The quantitative estimate of drug-likeness (QED) is 0.762. The number of fused-ring (bicyclic) bond motifs is 1. The molecule has 1 N–H and O–H groups in total. The highest BCUT2D eigenvalue weighted by atomic mass is 16.5. The summed E-state index contributed by atoms with van der Waals surface area (Å²) in [5.74, 6) is -0.205. The van der Waals surface area contributed by atoms with Gasteiger partial charge in [-0.15, -0.1) is 0 Å². The van der Waals surface area contributed by atoms with Crippen LogP contribution in [0.5, 0.6) is 0 Å². The van der Waals surface area contributed by atoms with Gasteiger partial charge >= 0.3 is 5.97 Å². The van der Waals surface area contributed by atoms with Crippen molar-refractivity contribution in [1.29, 1.82) is 0 Å². The van der Waals surface area contributed by atoms with Gasteiger partial charge in [0.15, 0.2) is 0 Å². The van der Waals surface area contributed by atoms with Gasteiger partial charge in [0.2, 0.25) is 0 Å². The number of rotatable bonds is 2. The minimum Gasteiger partial charge on any atom is -0.469 e. The Labute approximate surface area is 95.2 Å². The van der Waals surface area contributed by atoms with Crippen LogP contribution in [-0.2, 0) is 16.0 Å². The van der Waals surface area contributed by atoms with E-state index >= 15 is 0 Å². The Kier molecular flexibility index (Phi) is 2.99. The molecular formula is C12H16N2O2. The monoisotopic (exact) mass is 220 g/mol. The smallest absolute Gasteiger partial charge is 0.309 e. The summed E-state index contributed by atoms with van der Waals surface area (Å²) in [6.07, 6.45) is 0.329. The molecule has 0 spiro atoms. The van der Waals surface area contributed by atoms with Gasteiger partial charge in [-0.25, -0.2) is 0 Å². The number of nitrogens with one attached hydrogen (secondary N) is 1. The van der Waals surface area contributed by atoms with E-state index in [0.29, 0.717) is 6.42 Å². The molecule has 2 rings (SSSR count). The Morgan fingerprint density at radius 2 is 2.38 bits per heavy atom. The van der Waals surface area contributed by atoms with Gasteiger partial charge in [-0.05, 0) is 17.7 Å². The first-order valence-corrected chi connectivity index (χ1v) is 5.35. The average Bonchev–Trinajstić information content (AvgIpc) is 2.29. The lowest BCUT2D eigenvalue weighted by atomic mass is 10.1. The maximum Gasteiger partial charge on any atom is 0.309 e. The van der Waals surface area contributed by atoms with Crippen LogP contribution in [-0.4, -0.2) is 33.2 Å². The molecule has 1 aromatic rings. The molecule has 1 heterocycles. The summed E-state index contributed by atoms with van der Waals surface area (Å²) < 4.78 is 4.65. The molecule has 0 saturated carbocycles. The summed E-state index contributed by atoms with van der Waals surface area (Å²) in [6.45, 7) is 1.94. The van der Waals surface area contributed by atoms with Crippen LogP contribution in [0.2, 0.25) is 0 Å². The number of hydrogen-bond acceptors (Lipinski definition) is 4. The standard InChI is InChI=1S/C12H16N2O2/c1-14-6-5-13-10-7-9(3-4-11(10)14)8-12(15)16-2/h3-4,7,13H,5-6,8H2,1-2H3. The molecular weight excluding hydrogens is 204 g/mol. The second-order valence-corrected chi connectivity index (χ2v) is 3.95. The Morgan fingerprint density at radius 3 is 3.12 bits per heavy atom. The highest BCUT2D eigenvalue weighted by molar-refractivity contribution is 5.76. The van der Waals surface area contributed by atoms with E-state index in [1.807, 2.05) is 18.2 Å². The number of hydrogen-bond donors (Lipinski definition) is 1. The van der Waals surface area contributed by atoms with Gasteiger partial charge in [-0.1, -0.05) is 6.07 Å². The van der Waals surface area contributed by atoms with Gasteiger partial charge in [0.25, 0.3) is 0 Å². The predicted molar refractivity (Wildman–Crippen MR) is 63.9 cm³/mol. The van der Waals surface area contributed by atoms with Crippen LogP contribution in [0.15, 0.2) is 18.2 Å². The zero-order chi connectivity index (χ0) is 11.5. The lowest BCUT2D eigenvalue weighted by Gasteiger charge is -2.28. The largest absolute Gasteiger partial charge is 0.469 e. The van der Waals surface area contributed by atoms with Crippen molar-refractivity contribution in [1.82, 2.24) is 0 Å². The molecule has 1 aliphatic heterocycles. The Bertz CT molecular complexity index is 404. The first-order chi connectivity index (χ1) is 7.70. The second kappa shape index (κ2) is 4.43. The lowest BCUT2D eigenvalue weighted by molar-refractivity contribution is -0.139. The highest BCUT2D eigenvalue weighted by Crippen LogP contribution is 2.28. The van der Waals surface area contributed by atoms with Crippen LogP contribution in [0.4, 0.5) is 11.4 Å². The van der Waals surface area contributed by atoms with Crippen molar-refractivity contribution in [2.75, 3.05) is 37.5 Å². The van der Waals surface area contributed by atoms with E-state index in [1.165, 1.54) is 12.8 Å². The molecule has 0 atom stereocenters. The maximum atomic E-state index is 11.2. The first-order valence-electron chi connectivity index (χ1n) is 5.35. The van der Waals surface area contributed by atoms with Crippen molar-refractivity contribution in [3.05, 3.63) is 23.8 Å². The molecule has 0 aromatic heterocycles. The summed E-state index contributed by atoms with van der Waals surface area (Å²) in [6, 6.07) is 6.03. The zero-order valence-electron chi connectivity index (χ0n) is 9.62. The van der Waals surface area contributed by atoms with Crippen LogP contribution in [0.25, 0.3) is 0 Å². The van der Waals surface area contributed by atoms with Crippen molar-refractivity contribution in [2.24, 2.45) is 0 Å². The van der Waals surface area contributed by atoms with Crippen LogP contribution in [0.1, 0.15) is 5.56 Å². The summed E-state index contributed by atoms with van der Waals surface area (Å²) in [7, 11) is 3.48. The summed E-state index contributed by atoms with van der Waals surface area (Å²) in [4.78, 5) is 13.4. The molecule has 0 bridgehead atoms. The van der Waals surface area contributed by atoms with E-state index in [9.17, 15) is 4.79 Å². The SMILES string of the molecule is COC(=O)Cc1ccc2c(c1)NCCN2C. The van der Waals surface area contributed by atoms with Crippen molar-refractivity contribution < 1.29 is 9.53 Å². The van der Waals surface area contributed by atoms with E-state index in [4.69, 9.17) is 0 Å². The van der Waals surface area contributed by atoms with E-state index in [0.717, 1.165) is 24.3 Å². The second-order valence-electron chi connectivity index (χ2n) is 3.95. The molecule has 0 fully saturated rings. The maximum absolute atomic E-state index is 11.2. The van der Waals surface area contributed by atoms with Gasteiger partial charge in [-0.2, -0.15) is 0 Å². The summed E-state index contributed by atoms with van der Waals surface area (Å²) in [5.41, 5.74) is 3.25. The Morgan fingerprint density at radius 1 is 1.56 bits per heavy atom. The third-order valence-corrected chi connectivity index (χ3v) is 2.81. The lowest BCUT2D eigenvalue weighted by Crippen LogP contribution is -2.30. The van der Waals surface area contributed by atoms with E-state index in [-0.39, 0.29) is 5.97 Å². The van der Waals surface area contributed by atoms with Crippen LogP contribution >= 0.6 is 0 Å². The number of carbonyl (C=O) groups is 1. The van der Waals surface area contributed by atoms with Crippen molar-refractivity contribution in [3.63, 3.8) is 0 Å². The minimum absolute atomic E-state index is 0.205. The van der Waals surface area contributed by atoms with E-state index < -0.39 is 0 Å². The van der Waals surface area contributed by atoms with Gasteiger partial charge < -0.3 is 15.0 Å². The van der Waals surface area contributed by atoms with Crippen LogP contribution in [0, 0.1) is 0 Å². The molecule has 16 heavy (non-hydrogen) atoms. The fourth-order valence-electron chi connectivity index (χ4n) is 1.89. The molecule has 0 aliphatic carbocycles. The molecule has 0 saturated heterocycles. The number of nitrogens with zero attached hydrogens (tertiary/aromatic N) is 1. The normalized spacial score (nSPS) is 14.0. The van der Waals surface area contributed by atoms with E-state index in [1.54, 1.807) is 0 Å². The van der Waals surface area contributed by atoms with Crippen LogP contribution < -0.4 is 10.2 Å². The number of methoxy groups -OCH3 is 1. The molecule has 4 nitrogen and oxygen atoms in total. The van der Waals surface area contributed by atoms with Crippen molar-refractivity contribution >= 4 is 17.3 Å². The van der Waals surface area contributed by atoms with E-state index in [2.05, 4.69) is 22.0 Å². The van der Waals surface area contributed by atoms with Crippen molar-refractivity contribution in [2.45, 2.75) is 6.42 Å². The predicted octanol–water partition coefficient (Wildman–Crippen LogP) is 1.26. The van der Waals surface area contributed by atoms with Crippen molar-refractivity contribution in [3.8, 4) is 0 Å². The van der Waals surface area contributed by atoms with Crippen LogP contribution in [0.3, 0.4) is 0 Å². The molecule has 0 unspecified atom stereocenters. The van der Waals surface area contributed by atoms with Gasteiger partial charge in [-0.3, -0.25) is 4.79 Å². The molecule has 86 valence electrons.